The van der Waals surface area contributed by atoms with E-state index in [0.717, 1.165) is 15.7 Å². The fourth-order valence-electron chi connectivity index (χ4n) is 2.29. The molecular weight excluding hydrogens is 268 g/mol. The SMILES string of the molecule is Cc1ccccc1-c1cn(C)c2nc(=O)n(C)c(=O)c-2n1. The van der Waals surface area contributed by atoms with Crippen LogP contribution in [0.5, 0.6) is 0 Å². The summed E-state index contributed by atoms with van der Waals surface area (Å²) < 4.78 is 2.63. The Morgan fingerprint density at radius 1 is 1.05 bits per heavy atom. The number of hydrogen-bond acceptors (Lipinski definition) is 4. The summed E-state index contributed by atoms with van der Waals surface area (Å²) in [5.41, 5.74) is 1.88. The zero-order valence-electron chi connectivity index (χ0n) is 12.0. The van der Waals surface area contributed by atoms with Crippen LogP contribution < -0.4 is 11.2 Å². The molecule has 21 heavy (non-hydrogen) atoms. The summed E-state index contributed by atoms with van der Waals surface area (Å²) >= 11 is 0. The first-order chi connectivity index (χ1) is 9.99. The Morgan fingerprint density at radius 3 is 2.48 bits per heavy atom. The number of nitrogens with zero attached hydrogens (tertiary/aromatic N) is 4. The van der Waals surface area contributed by atoms with E-state index < -0.39 is 11.2 Å². The Balaban J connectivity index is 2.40. The fraction of sp³-hybridized carbons (Fsp3) is 0.200. The summed E-state index contributed by atoms with van der Waals surface area (Å²) in [6.07, 6.45) is 1.77. The van der Waals surface area contributed by atoms with Crippen LogP contribution in [0.2, 0.25) is 0 Å². The highest BCUT2D eigenvalue weighted by Gasteiger charge is 2.18. The van der Waals surface area contributed by atoms with Crippen LogP contribution in [-0.2, 0) is 14.1 Å². The van der Waals surface area contributed by atoms with Crippen LogP contribution in [0.3, 0.4) is 0 Å². The molecule has 0 spiro atoms. The monoisotopic (exact) mass is 282 g/mol. The number of rotatable bonds is 1. The van der Waals surface area contributed by atoms with Gasteiger partial charge >= 0.3 is 5.69 Å². The summed E-state index contributed by atoms with van der Waals surface area (Å²) in [7, 11) is 3.15. The van der Waals surface area contributed by atoms with Crippen molar-refractivity contribution in [3.63, 3.8) is 0 Å². The Hall–Kier alpha value is -2.76. The highest BCUT2D eigenvalue weighted by molar-refractivity contribution is 5.66. The van der Waals surface area contributed by atoms with Crippen molar-refractivity contribution in [1.82, 2.24) is 19.1 Å². The smallest absolute Gasteiger partial charge is 0.332 e. The van der Waals surface area contributed by atoms with Crippen LogP contribution in [0, 0.1) is 6.92 Å². The first-order valence-electron chi connectivity index (χ1n) is 6.49. The molecule has 0 radical (unpaired) electrons. The predicted molar refractivity (Wildman–Crippen MR) is 79.3 cm³/mol. The molecule has 2 heterocycles. The van der Waals surface area contributed by atoms with Crippen molar-refractivity contribution in [3.05, 3.63) is 56.9 Å². The van der Waals surface area contributed by atoms with Gasteiger partial charge in [0.15, 0.2) is 11.5 Å². The minimum Gasteiger partial charge on any atom is -0.332 e. The van der Waals surface area contributed by atoms with E-state index in [0.29, 0.717) is 11.5 Å². The van der Waals surface area contributed by atoms with Crippen molar-refractivity contribution in [2.24, 2.45) is 14.1 Å². The van der Waals surface area contributed by atoms with E-state index >= 15 is 0 Å². The standard InChI is InChI=1S/C15H14N4O2/c1-9-6-4-5-7-10(9)11-8-18(2)13-12(16-11)14(20)19(3)15(21)17-13/h4-8H,1-3H3. The lowest BCUT2D eigenvalue weighted by Crippen LogP contribution is -2.36. The van der Waals surface area contributed by atoms with E-state index in [4.69, 9.17) is 0 Å². The van der Waals surface area contributed by atoms with Gasteiger partial charge in [0.2, 0.25) is 0 Å². The molecule has 0 amide bonds. The van der Waals surface area contributed by atoms with Gasteiger partial charge in [-0.3, -0.25) is 9.36 Å². The molecule has 0 unspecified atom stereocenters. The minimum atomic E-state index is -0.575. The van der Waals surface area contributed by atoms with E-state index in [1.54, 1.807) is 17.8 Å². The van der Waals surface area contributed by atoms with E-state index in [2.05, 4.69) is 9.97 Å². The maximum Gasteiger partial charge on any atom is 0.352 e. The summed E-state index contributed by atoms with van der Waals surface area (Å²) in [5.74, 6) is 0.292. The number of aryl methyl sites for hydroxylation is 2. The number of benzene rings is 1. The van der Waals surface area contributed by atoms with Gasteiger partial charge in [-0.1, -0.05) is 24.3 Å². The molecule has 2 aliphatic rings. The van der Waals surface area contributed by atoms with E-state index in [1.807, 2.05) is 31.2 Å². The molecule has 0 aromatic heterocycles. The summed E-state index contributed by atoms with van der Waals surface area (Å²) in [6, 6.07) is 7.80. The fourth-order valence-corrected chi connectivity index (χ4v) is 2.29. The maximum atomic E-state index is 12.2. The van der Waals surface area contributed by atoms with Gasteiger partial charge in [0.25, 0.3) is 5.56 Å². The first kappa shape index (κ1) is 13.2. The molecule has 0 N–H and O–H groups in total. The molecule has 2 aliphatic heterocycles. The van der Waals surface area contributed by atoms with Crippen molar-refractivity contribution in [2.75, 3.05) is 0 Å². The molecule has 0 atom stereocenters. The third kappa shape index (κ3) is 2.05. The highest BCUT2D eigenvalue weighted by atomic mass is 16.2. The lowest BCUT2D eigenvalue weighted by Gasteiger charge is -2.13. The zero-order valence-corrected chi connectivity index (χ0v) is 12.0. The molecule has 0 aliphatic carbocycles. The van der Waals surface area contributed by atoms with Crippen LogP contribution in [0.4, 0.5) is 0 Å². The summed E-state index contributed by atoms with van der Waals surface area (Å²) in [4.78, 5) is 32.2. The molecule has 106 valence electrons. The average molecular weight is 282 g/mol. The summed E-state index contributed by atoms with van der Waals surface area (Å²) in [5, 5.41) is 0. The molecule has 0 saturated carbocycles. The second kappa shape index (κ2) is 4.66. The van der Waals surface area contributed by atoms with Gasteiger partial charge in [0.1, 0.15) is 0 Å². The Kier molecular flexibility index (Phi) is 2.94. The van der Waals surface area contributed by atoms with Crippen molar-refractivity contribution in [3.8, 4) is 22.8 Å². The van der Waals surface area contributed by atoms with Gasteiger partial charge in [-0.15, -0.1) is 0 Å². The Labute approximate surface area is 120 Å². The van der Waals surface area contributed by atoms with Crippen molar-refractivity contribution in [2.45, 2.75) is 6.92 Å². The van der Waals surface area contributed by atoms with Crippen molar-refractivity contribution >= 4 is 0 Å². The van der Waals surface area contributed by atoms with Gasteiger partial charge in [0.05, 0.1) is 5.69 Å². The van der Waals surface area contributed by atoms with E-state index in [9.17, 15) is 9.59 Å². The minimum absolute atomic E-state index is 0.195. The second-order valence-corrected chi connectivity index (χ2v) is 4.98. The quantitative estimate of drug-likeness (QED) is 0.666. The zero-order chi connectivity index (χ0) is 15.1. The van der Waals surface area contributed by atoms with Gasteiger partial charge in [-0.05, 0) is 12.5 Å². The molecular formula is C15H14N4O2. The normalized spacial score (nSPS) is 11.0. The number of fused-ring (bicyclic) bond motifs is 1. The third-order valence-corrected chi connectivity index (χ3v) is 3.51. The van der Waals surface area contributed by atoms with Crippen LogP contribution in [0.25, 0.3) is 22.8 Å². The van der Waals surface area contributed by atoms with Gasteiger partial charge in [0, 0.05) is 25.9 Å². The highest BCUT2D eigenvalue weighted by Crippen LogP contribution is 2.23. The van der Waals surface area contributed by atoms with E-state index in [-0.39, 0.29) is 5.69 Å². The Bertz CT molecular complexity index is 924. The average Bonchev–Trinajstić information content (AvgIpc) is 2.46. The molecule has 1 aromatic carbocycles. The number of aromatic nitrogens is 4. The topological polar surface area (TPSA) is 69.8 Å². The Morgan fingerprint density at radius 2 is 1.76 bits per heavy atom. The molecule has 1 aromatic rings. The number of hydrogen-bond donors (Lipinski definition) is 0. The van der Waals surface area contributed by atoms with Crippen LogP contribution in [0.15, 0.2) is 40.1 Å². The maximum absolute atomic E-state index is 12.2. The largest absolute Gasteiger partial charge is 0.352 e. The lowest BCUT2D eigenvalue weighted by molar-refractivity contribution is 0.739. The van der Waals surface area contributed by atoms with E-state index in [1.165, 1.54) is 7.05 Å². The van der Waals surface area contributed by atoms with Crippen LogP contribution >= 0.6 is 0 Å². The van der Waals surface area contributed by atoms with Crippen molar-refractivity contribution < 1.29 is 0 Å². The molecule has 0 fully saturated rings. The molecule has 0 bridgehead atoms. The molecule has 0 saturated heterocycles. The third-order valence-electron chi connectivity index (χ3n) is 3.51. The summed E-state index contributed by atoms with van der Waals surface area (Å²) in [6.45, 7) is 1.98. The lowest BCUT2D eigenvalue weighted by atomic mass is 10.1. The molecule has 6 heteroatoms. The predicted octanol–water partition coefficient (Wildman–Crippen LogP) is 0.954. The van der Waals surface area contributed by atoms with Crippen LogP contribution in [-0.4, -0.2) is 19.1 Å². The van der Waals surface area contributed by atoms with Crippen LogP contribution in [0.1, 0.15) is 5.56 Å². The van der Waals surface area contributed by atoms with Gasteiger partial charge in [-0.2, -0.15) is 4.98 Å². The molecule has 3 rings (SSSR count). The van der Waals surface area contributed by atoms with Crippen molar-refractivity contribution in [1.29, 1.82) is 0 Å². The van der Waals surface area contributed by atoms with Gasteiger partial charge < -0.3 is 4.57 Å². The second-order valence-electron chi connectivity index (χ2n) is 4.98. The first-order valence-corrected chi connectivity index (χ1v) is 6.49. The van der Waals surface area contributed by atoms with Gasteiger partial charge in [-0.25, -0.2) is 9.78 Å². The molecule has 6 nitrogen and oxygen atoms in total.